The maximum absolute atomic E-state index is 14.7. The van der Waals surface area contributed by atoms with Crippen LogP contribution in [0.25, 0.3) is 33.7 Å². The average molecular weight is 526 g/mol. The first kappa shape index (κ1) is 24.6. The number of H-pyrrole nitrogens is 1. The normalized spacial score (nSPS) is 17.2. The largest absolute Gasteiger partial charge is 0.365 e. The molecule has 0 spiro atoms. The number of nitrogens with one attached hydrogen (secondary N) is 3. The molecule has 1 fully saturated rings. The Morgan fingerprint density at radius 3 is 2.62 bits per heavy atom. The molecule has 3 N–H and O–H groups in total. The van der Waals surface area contributed by atoms with E-state index in [1.54, 1.807) is 18.5 Å². The summed E-state index contributed by atoms with van der Waals surface area (Å²) in [6, 6.07) is 14.5. The van der Waals surface area contributed by atoms with E-state index in [2.05, 4.69) is 35.6 Å². The third-order valence-corrected chi connectivity index (χ3v) is 6.93. The molecule has 10 heteroatoms. The van der Waals surface area contributed by atoms with E-state index in [1.807, 2.05) is 36.4 Å². The molecule has 1 aliphatic carbocycles. The third-order valence-electron chi connectivity index (χ3n) is 6.93. The van der Waals surface area contributed by atoms with Crippen molar-refractivity contribution in [2.75, 3.05) is 5.32 Å². The van der Waals surface area contributed by atoms with Crippen molar-refractivity contribution in [1.82, 2.24) is 30.2 Å². The van der Waals surface area contributed by atoms with Crippen LogP contribution in [0, 0.1) is 11.6 Å². The van der Waals surface area contributed by atoms with Crippen molar-refractivity contribution in [2.45, 2.75) is 37.8 Å². The van der Waals surface area contributed by atoms with Gasteiger partial charge in [-0.15, -0.1) is 0 Å². The van der Waals surface area contributed by atoms with E-state index in [0.29, 0.717) is 28.6 Å². The topological polar surface area (TPSA) is 108 Å². The number of aromatic amines is 1. The van der Waals surface area contributed by atoms with Gasteiger partial charge in [-0.3, -0.25) is 9.78 Å². The van der Waals surface area contributed by atoms with Crippen LogP contribution in [0.15, 0.2) is 73.3 Å². The number of pyridine rings is 2. The standard InChI is InChI=1S/C29H25F2N7O/c30-19-11-22-23(15-34-26(22)33-14-19)27-35-16-24(31)28(38-27)36-20-7-4-8-21(12-20)37-29(39)18-9-10-25(32-13-18)17-5-2-1-3-6-17/h1-3,5-6,9-11,13-16,20-21H,4,7-8,12H2,(H,33,34)(H,37,39)(H,35,36,38)/t20-,21+/m0/s1. The Kier molecular flexibility index (Phi) is 6.66. The number of benzene rings is 1. The Bertz CT molecular complexity index is 1620. The van der Waals surface area contributed by atoms with Gasteiger partial charge >= 0.3 is 0 Å². The van der Waals surface area contributed by atoms with Gasteiger partial charge < -0.3 is 15.6 Å². The summed E-state index contributed by atoms with van der Waals surface area (Å²) in [5, 5.41) is 6.80. The van der Waals surface area contributed by atoms with Crippen LogP contribution in [0.4, 0.5) is 14.6 Å². The summed E-state index contributed by atoms with van der Waals surface area (Å²) in [6.45, 7) is 0. The van der Waals surface area contributed by atoms with E-state index >= 15 is 0 Å². The second-order valence-corrected chi connectivity index (χ2v) is 9.62. The Hall–Kier alpha value is -4.73. The van der Waals surface area contributed by atoms with E-state index in [0.717, 1.165) is 42.9 Å². The maximum atomic E-state index is 14.7. The van der Waals surface area contributed by atoms with Crippen molar-refractivity contribution in [2.24, 2.45) is 0 Å². The summed E-state index contributed by atoms with van der Waals surface area (Å²) < 4.78 is 28.4. The molecule has 39 heavy (non-hydrogen) atoms. The monoisotopic (exact) mass is 525 g/mol. The fourth-order valence-corrected chi connectivity index (χ4v) is 4.98. The van der Waals surface area contributed by atoms with Gasteiger partial charge in [0, 0.05) is 41.0 Å². The number of fused-ring (bicyclic) bond motifs is 1. The van der Waals surface area contributed by atoms with Gasteiger partial charge in [-0.25, -0.2) is 23.7 Å². The number of hydrogen-bond donors (Lipinski definition) is 3. The van der Waals surface area contributed by atoms with Crippen LogP contribution in [-0.2, 0) is 0 Å². The number of rotatable bonds is 6. The maximum Gasteiger partial charge on any atom is 0.253 e. The Balaban J connectivity index is 1.12. The van der Waals surface area contributed by atoms with Gasteiger partial charge in [-0.1, -0.05) is 30.3 Å². The highest BCUT2D eigenvalue weighted by Gasteiger charge is 2.25. The first-order chi connectivity index (χ1) is 19.0. The molecule has 8 nitrogen and oxygen atoms in total. The molecule has 196 valence electrons. The summed E-state index contributed by atoms with van der Waals surface area (Å²) in [4.78, 5) is 32.8. The van der Waals surface area contributed by atoms with Gasteiger partial charge in [-0.05, 0) is 43.9 Å². The van der Waals surface area contributed by atoms with Crippen molar-refractivity contribution in [3.05, 3.63) is 90.5 Å². The van der Waals surface area contributed by atoms with Crippen LogP contribution in [0.5, 0.6) is 0 Å². The van der Waals surface area contributed by atoms with Crippen LogP contribution < -0.4 is 10.6 Å². The molecule has 4 aromatic heterocycles. The number of halogens is 2. The molecule has 1 amide bonds. The van der Waals surface area contributed by atoms with Crippen LogP contribution >= 0.6 is 0 Å². The molecule has 1 aliphatic rings. The SMILES string of the molecule is O=C(N[C@@H]1CCC[C@H](Nc2nc(-c3c[nH]c4ncc(F)cc34)ncc2F)C1)c1ccc(-c2ccccc2)nc1. The number of nitrogens with zero attached hydrogens (tertiary/aromatic N) is 4. The minimum atomic E-state index is -0.585. The van der Waals surface area contributed by atoms with Crippen LogP contribution in [0.2, 0.25) is 0 Å². The lowest BCUT2D eigenvalue weighted by molar-refractivity contribution is 0.0926. The van der Waals surface area contributed by atoms with Gasteiger partial charge in [0.05, 0.1) is 23.7 Å². The predicted octanol–water partition coefficient (Wildman–Crippen LogP) is 5.51. The van der Waals surface area contributed by atoms with Crippen LogP contribution in [0.3, 0.4) is 0 Å². The van der Waals surface area contributed by atoms with E-state index in [4.69, 9.17) is 0 Å². The first-order valence-corrected chi connectivity index (χ1v) is 12.8. The molecule has 0 saturated heterocycles. The zero-order valence-electron chi connectivity index (χ0n) is 20.9. The van der Waals surface area contributed by atoms with E-state index in [9.17, 15) is 13.6 Å². The number of hydrogen-bond acceptors (Lipinski definition) is 6. The van der Waals surface area contributed by atoms with Crippen LogP contribution in [0.1, 0.15) is 36.0 Å². The summed E-state index contributed by atoms with van der Waals surface area (Å²) in [6.07, 6.45) is 8.54. The number of carbonyl (C=O) groups is 1. The molecule has 0 radical (unpaired) electrons. The minimum absolute atomic E-state index is 0.0661. The second kappa shape index (κ2) is 10.6. The number of amides is 1. The van der Waals surface area contributed by atoms with Crippen molar-refractivity contribution in [1.29, 1.82) is 0 Å². The highest BCUT2D eigenvalue weighted by Crippen LogP contribution is 2.28. The third kappa shape index (κ3) is 5.31. The Morgan fingerprint density at radius 2 is 1.79 bits per heavy atom. The molecular weight excluding hydrogens is 500 g/mol. The zero-order chi connectivity index (χ0) is 26.8. The summed E-state index contributed by atoms with van der Waals surface area (Å²) in [5.74, 6) is -0.940. The molecule has 2 atom stereocenters. The molecule has 1 saturated carbocycles. The fraction of sp³-hybridized carbons (Fsp3) is 0.207. The van der Waals surface area contributed by atoms with Crippen molar-refractivity contribution >= 4 is 22.8 Å². The lowest BCUT2D eigenvalue weighted by Crippen LogP contribution is -2.42. The molecule has 4 heterocycles. The highest BCUT2D eigenvalue weighted by molar-refractivity contribution is 5.94. The van der Waals surface area contributed by atoms with E-state index < -0.39 is 11.6 Å². The van der Waals surface area contributed by atoms with Crippen molar-refractivity contribution < 1.29 is 13.6 Å². The van der Waals surface area contributed by atoms with Gasteiger partial charge in [0.2, 0.25) is 0 Å². The van der Waals surface area contributed by atoms with Crippen molar-refractivity contribution in [3.63, 3.8) is 0 Å². The van der Waals surface area contributed by atoms with Crippen molar-refractivity contribution in [3.8, 4) is 22.6 Å². The number of aromatic nitrogens is 5. The molecule has 0 aliphatic heterocycles. The van der Waals surface area contributed by atoms with Gasteiger partial charge in [0.15, 0.2) is 17.5 Å². The predicted molar refractivity (Wildman–Crippen MR) is 144 cm³/mol. The Morgan fingerprint density at radius 1 is 0.949 bits per heavy atom. The van der Waals surface area contributed by atoms with E-state index in [1.165, 1.54) is 6.07 Å². The first-order valence-electron chi connectivity index (χ1n) is 12.8. The molecular formula is C29H25F2N7O. The quantitative estimate of drug-likeness (QED) is 0.270. The molecule has 1 aromatic carbocycles. The lowest BCUT2D eigenvalue weighted by Gasteiger charge is -2.30. The van der Waals surface area contributed by atoms with Crippen LogP contribution in [-0.4, -0.2) is 42.9 Å². The highest BCUT2D eigenvalue weighted by atomic mass is 19.1. The zero-order valence-corrected chi connectivity index (χ0v) is 20.9. The minimum Gasteiger partial charge on any atom is -0.365 e. The average Bonchev–Trinajstić information content (AvgIpc) is 3.38. The van der Waals surface area contributed by atoms with Gasteiger partial charge in [-0.2, -0.15) is 0 Å². The molecule has 5 aromatic rings. The second-order valence-electron chi connectivity index (χ2n) is 9.62. The Labute approximate surface area is 223 Å². The molecule has 0 bridgehead atoms. The number of carbonyl (C=O) groups excluding carboxylic acids is 1. The lowest BCUT2D eigenvalue weighted by atomic mass is 9.90. The fourth-order valence-electron chi connectivity index (χ4n) is 4.98. The van der Waals surface area contributed by atoms with Gasteiger partial charge in [0.25, 0.3) is 5.91 Å². The summed E-state index contributed by atoms with van der Waals surface area (Å²) in [7, 11) is 0. The smallest absolute Gasteiger partial charge is 0.253 e. The molecule has 0 unspecified atom stereocenters. The van der Waals surface area contributed by atoms with E-state index in [-0.39, 0.29) is 29.6 Å². The molecule has 6 rings (SSSR count). The number of anilines is 1. The summed E-state index contributed by atoms with van der Waals surface area (Å²) >= 11 is 0. The summed E-state index contributed by atoms with van der Waals surface area (Å²) in [5.41, 5.74) is 3.29. The van der Waals surface area contributed by atoms with Gasteiger partial charge in [0.1, 0.15) is 11.5 Å².